The molecule has 0 radical (unpaired) electrons. The number of rotatable bonds is 6. The Labute approximate surface area is 180 Å². The Morgan fingerprint density at radius 3 is 2.30 bits per heavy atom. The third-order valence-corrected chi connectivity index (χ3v) is 6.55. The van der Waals surface area contributed by atoms with Crippen molar-refractivity contribution in [3.8, 4) is 0 Å². The summed E-state index contributed by atoms with van der Waals surface area (Å²) in [5.41, 5.74) is 1.73. The Kier molecular flexibility index (Phi) is 6.45. The van der Waals surface area contributed by atoms with E-state index in [1.54, 1.807) is 11.3 Å². The average molecular weight is 424 g/mol. The normalized spacial score (nSPS) is 16.8. The average Bonchev–Trinajstić information content (AvgIpc) is 3.30. The summed E-state index contributed by atoms with van der Waals surface area (Å²) in [4.78, 5) is 18.7. The topological polar surface area (TPSA) is 35.6 Å². The van der Waals surface area contributed by atoms with Gasteiger partial charge >= 0.3 is 0 Å². The summed E-state index contributed by atoms with van der Waals surface area (Å²) in [6.07, 6.45) is 0. The fourth-order valence-corrected chi connectivity index (χ4v) is 5.03. The fourth-order valence-electron chi connectivity index (χ4n) is 4.07. The molecule has 4 rings (SSSR count). The summed E-state index contributed by atoms with van der Waals surface area (Å²) >= 11 is 1.73. The van der Waals surface area contributed by atoms with Gasteiger partial charge in [0.2, 0.25) is 0 Å². The van der Waals surface area contributed by atoms with Crippen LogP contribution in [0, 0.1) is 5.82 Å². The van der Waals surface area contributed by atoms with Crippen molar-refractivity contribution in [1.29, 1.82) is 0 Å². The number of carbonyl (C=O) groups is 1. The molecule has 3 aromatic rings. The maximum atomic E-state index is 13.2. The first kappa shape index (κ1) is 20.6. The van der Waals surface area contributed by atoms with E-state index < -0.39 is 0 Å². The van der Waals surface area contributed by atoms with Crippen LogP contribution >= 0.6 is 11.3 Å². The Hall–Kier alpha value is -2.70. The summed E-state index contributed by atoms with van der Waals surface area (Å²) < 4.78 is 13.2. The summed E-state index contributed by atoms with van der Waals surface area (Å²) in [5, 5.41) is 5.29. The third kappa shape index (κ3) is 4.71. The van der Waals surface area contributed by atoms with E-state index >= 15 is 0 Å². The predicted molar refractivity (Wildman–Crippen MR) is 121 cm³/mol. The Morgan fingerprint density at radius 2 is 1.67 bits per heavy atom. The maximum Gasteiger partial charge on any atom is 0.251 e. The zero-order valence-electron chi connectivity index (χ0n) is 17.0. The molecule has 1 amide bonds. The number of hydrogen-bond acceptors (Lipinski definition) is 4. The molecule has 4 nitrogen and oxygen atoms in total. The van der Waals surface area contributed by atoms with Crippen LogP contribution in [0.2, 0.25) is 0 Å². The van der Waals surface area contributed by atoms with Gasteiger partial charge in [0, 0.05) is 48.3 Å². The van der Waals surface area contributed by atoms with E-state index in [-0.39, 0.29) is 23.8 Å². The first-order valence-electron chi connectivity index (χ1n) is 10.3. The molecule has 30 heavy (non-hydrogen) atoms. The number of halogens is 1. The molecule has 1 aliphatic rings. The van der Waals surface area contributed by atoms with Gasteiger partial charge in [-0.1, -0.05) is 24.3 Å². The Morgan fingerprint density at radius 1 is 0.967 bits per heavy atom. The lowest BCUT2D eigenvalue weighted by atomic mass is 10.0. The van der Waals surface area contributed by atoms with E-state index in [1.165, 1.54) is 17.0 Å². The lowest BCUT2D eigenvalue weighted by Gasteiger charge is -2.42. The van der Waals surface area contributed by atoms with E-state index in [4.69, 9.17) is 0 Å². The predicted octanol–water partition coefficient (Wildman–Crippen LogP) is 4.57. The molecule has 1 N–H and O–H groups in total. The number of benzene rings is 2. The number of hydrogen-bond donors (Lipinski definition) is 1. The van der Waals surface area contributed by atoms with Crippen LogP contribution in [0.1, 0.15) is 28.2 Å². The van der Waals surface area contributed by atoms with Crippen LogP contribution in [0.15, 0.2) is 72.1 Å². The molecule has 1 fully saturated rings. The lowest BCUT2D eigenvalue weighted by Crippen LogP contribution is -2.52. The van der Waals surface area contributed by atoms with Gasteiger partial charge in [0.05, 0.1) is 6.04 Å². The van der Waals surface area contributed by atoms with Gasteiger partial charge in [-0.3, -0.25) is 9.69 Å². The fraction of sp³-hybridized carbons (Fsp3) is 0.292. The molecule has 0 spiro atoms. The van der Waals surface area contributed by atoms with Crippen molar-refractivity contribution in [1.82, 2.24) is 10.2 Å². The molecule has 156 valence electrons. The van der Waals surface area contributed by atoms with Crippen molar-refractivity contribution < 1.29 is 9.18 Å². The van der Waals surface area contributed by atoms with Crippen LogP contribution in [0.3, 0.4) is 0 Å². The zero-order valence-corrected chi connectivity index (χ0v) is 17.8. The van der Waals surface area contributed by atoms with Gasteiger partial charge < -0.3 is 10.2 Å². The number of amides is 1. The number of nitrogens with zero attached hydrogens (tertiary/aromatic N) is 2. The van der Waals surface area contributed by atoms with Gasteiger partial charge in [-0.2, -0.15) is 0 Å². The molecule has 1 aromatic heterocycles. The van der Waals surface area contributed by atoms with E-state index in [1.807, 2.05) is 42.5 Å². The van der Waals surface area contributed by atoms with Gasteiger partial charge in [-0.15, -0.1) is 11.3 Å². The standard InChI is InChI=1S/C24H26FN3OS/c1-18(26-24(29)19-6-3-2-4-7-19)23(22-8-5-17-30-22)28-15-13-27(14-16-28)21-11-9-20(25)10-12-21/h2-12,17-18,23H,13-16H2,1H3,(H,26,29)/t18-,23+/m0/s1. The molecule has 6 heteroatoms. The van der Waals surface area contributed by atoms with Gasteiger partial charge in [-0.05, 0) is 54.8 Å². The highest BCUT2D eigenvalue weighted by Gasteiger charge is 2.31. The van der Waals surface area contributed by atoms with Crippen LogP contribution in [-0.4, -0.2) is 43.0 Å². The van der Waals surface area contributed by atoms with Crippen LogP contribution in [-0.2, 0) is 0 Å². The van der Waals surface area contributed by atoms with Crippen molar-refractivity contribution in [3.05, 3.63) is 88.4 Å². The summed E-state index contributed by atoms with van der Waals surface area (Å²) in [5.74, 6) is -0.257. The minimum absolute atomic E-state index is 0.0336. The van der Waals surface area contributed by atoms with Crippen LogP contribution in [0.5, 0.6) is 0 Å². The number of nitrogens with one attached hydrogen (secondary N) is 1. The van der Waals surface area contributed by atoms with Crippen LogP contribution in [0.4, 0.5) is 10.1 Å². The van der Waals surface area contributed by atoms with Gasteiger partial charge in [-0.25, -0.2) is 4.39 Å². The molecule has 0 aliphatic carbocycles. The molecular formula is C24H26FN3OS. The minimum atomic E-state index is -0.210. The van der Waals surface area contributed by atoms with Gasteiger partial charge in [0.25, 0.3) is 5.91 Å². The smallest absolute Gasteiger partial charge is 0.251 e. The minimum Gasteiger partial charge on any atom is -0.369 e. The highest BCUT2D eigenvalue weighted by atomic mass is 32.1. The van der Waals surface area contributed by atoms with E-state index in [0.29, 0.717) is 5.56 Å². The second-order valence-electron chi connectivity index (χ2n) is 7.59. The first-order chi connectivity index (χ1) is 14.6. The third-order valence-electron chi connectivity index (χ3n) is 5.60. The summed E-state index contributed by atoms with van der Waals surface area (Å²) in [6, 6.07) is 20.3. The molecule has 2 aromatic carbocycles. The second kappa shape index (κ2) is 9.41. The van der Waals surface area contributed by atoms with Gasteiger partial charge in [0.15, 0.2) is 0 Å². The van der Waals surface area contributed by atoms with Gasteiger partial charge in [0.1, 0.15) is 5.82 Å². The maximum absolute atomic E-state index is 13.2. The summed E-state index contributed by atoms with van der Waals surface area (Å²) in [6.45, 7) is 5.58. The van der Waals surface area contributed by atoms with E-state index in [0.717, 1.165) is 31.9 Å². The molecule has 2 heterocycles. The van der Waals surface area contributed by atoms with Crippen molar-refractivity contribution in [3.63, 3.8) is 0 Å². The van der Waals surface area contributed by atoms with Crippen molar-refractivity contribution >= 4 is 22.9 Å². The Balaban J connectivity index is 1.45. The van der Waals surface area contributed by atoms with E-state index in [9.17, 15) is 9.18 Å². The number of piperazine rings is 1. The van der Waals surface area contributed by atoms with Crippen molar-refractivity contribution in [2.75, 3.05) is 31.1 Å². The molecular weight excluding hydrogens is 397 g/mol. The molecule has 2 atom stereocenters. The first-order valence-corrected chi connectivity index (χ1v) is 11.1. The molecule has 0 bridgehead atoms. The summed E-state index contributed by atoms with van der Waals surface area (Å²) in [7, 11) is 0. The largest absolute Gasteiger partial charge is 0.369 e. The molecule has 0 unspecified atom stereocenters. The Bertz CT molecular complexity index is 938. The number of anilines is 1. The monoisotopic (exact) mass is 423 g/mol. The quantitative estimate of drug-likeness (QED) is 0.631. The highest BCUT2D eigenvalue weighted by Crippen LogP contribution is 2.30. The number of thiophene rings is 1. The number of carbonyl (C=O) groups excluding carboxylic acids is 1. The molecule has 1 aliphatic heterocycles. The van der Waals surface area contributed by atoms with E-state index in [2.05, 4.69) is 39.6 Å². The lowest BCUT2D eigenvalue weighted by molar-refractivity contribution is 0.0890. The van der Waals surface area contributed by atoms with Crippen LogP contribution in [0.25, 0.3) is 0 Å². The van der Waals surface area contributed by atoms with Crippen LogP contribution < -0.4 is 10.2 Å². The molecule has 1 saturated heterocycles. The second-order valence-corrected chi connectivity index (χ2v) is 8.57. The highest BCUT2D eigenvalue weighted by molar-refractivity contribution is 7.10. The zero-order chi connectivity index (χ0) is 20.9. The SMILES string of the molecule is C[C@H](NC(=O)c1ccccc1)[C@H](c1cccs1)N1CCN(c2ccc(F)cc2)CC1. The molecule has 0 saturated carbocycles. The van der Waals surface area contributed by atoms with Crippen molar-refractivity contribution in [2.45, 2.75) is 19.0 Å². The van der Waals surface area contributed by atoms with Crippen molar-refractivity contribution in [2.24, 2.45) is 0 Å².